The smallest absolute Gasteiger partial charge is 0.212 e. The Balaban J connectivity index is 2.35. The number of benzene rings is 1. The summed E-state index contributed by atoms with van der Waals surface area (Å²) in [5.41, 5.74) is 0.811. The summed E-state index contributed by atoms with van der Waals surface area (Å²) in [7, 11) is 1.55. The van der Waals surface area contributed by atoms with Gasteiger partial charge in [0.1, 0.15) is 0 Å². The molecule has 2 rings (SSSR count). The number of halogens is 1. The van der Waals surface area contributed by atoms with E-state index in [0.29, 0.717) is 23.6 Å². The minimum absolute atomic E-state index is 0.0131. The van der Waals surface area contributed by atoms with Crippen molar-refractivity contribution in [3.8, 4) is 11.3 Å². The Morgan fingerprint density at radius 1 is 1.45 bits per heavy atom. The van der Waals surface area contributed by atoms with Crippen LogP contribution in [0.1, 0.15) is 23.7 Å². The second kappa shape index (κ2) is 7.33. The third-order valence-electron chi connectivity index (χ3n) is 3.45. The first-order valence-corrected chi connectivity index (χ1v) is 7.29. The molecule has 0 radical (unpaired) electrons. The summed E-state index contributed by atoms with van der Waals surface area (Å²) in [6.45, 7) is 2.24. The van der Waals surface area contributed by atoms with Gasteiger partial charge in [-0.05, 0) is 18.6 Å². The molecule has 22 heavy (non-hydrogen) atoms. The van der Waals surface area contributed by atoms with Gasteiger partial charge in [0, 0.05) is 18.6 Å². The van der Waals surface area contributed by atoms with Crippen LogP contribution in [0.3, 0.4) is 0 Å². The van der Waals surface area contributed by atoms with Crippen LogP contribution < -0.4 is 0 Å². The fourth-order valence-electron chi connectivity index (χ4n) is 2.18. The van der Waals surface area contributed by atoms with Gasteiger partial charge in [0.2, 0.25) is 5.78 Å². The molecule has 116 valence electrons. The molecule has 0 saturated carbocycles. The van der Waals surface area contributed by atoms with E-state index in [1.807, 2.05) is 6.92 Å². The first-order chi connectivity index (χ1) is 10.6. The second-order valence-electron chi connectivity index (χ2n) is 4.85. The molecule has 0 fully saturated rings. The minimum atomic E-state index is -0.417. The molecule has 5 nitrogen and oxygen atoms in total. The van der Waals surface area contributed by atoms with Crippen LogP contribution in [-0.2, 0) is 4.74 Å². The number of nitrogens with one attached hydrogen (secondary N) is 1. The highest BCUT2D eigenvalue weighted by atomic mass is 35.5. The zero-order valence-electron chi connectivity index (χ0n) is 12.4. The van der Waals surface area contributed by atoms with Crippen molar-refractivity contribution >= 4 is 23.1 Å². The summed E-state index contributed by atoms with van der Waals surface area (Å²) in [6.07, 6.45) is 1.97. The molecule has 1 N–H and O–H groups in total. The molecule has 1 aromatic carbocycles. The molecule has 2 aromatic rings. The van der Waals surface area contributed by atoms with Crippen LogP contribution in [0.5, 0.6) is 0 Å². The molecule has 0 aliphatic carbocycles. The molecule has 1 unspecified atom stereocenters. The highest BCUT2D eigenvalue weighted by molar-refractivity contribution is 6.46. The second-order valence-corrected chi connectivity index (χ2v) is 5.26. The van der Waals surface area contributed by atoms with Crippen LogP contribution in [0.2, 0.25) is 5.02 Å². The molecule has 6 heteroatoms. The zero-order valence-corrected chi connectivity index (χ0v) is 13.2. The molecule has 0 bridgehead atoms. The van der Waals surface area contributed by atoms with Gasteiger partial charge >= 0.3 is 0 Å². The van der Waals surface area contributed by atoms with Crippen molar-refractivity contribution < 1.29 is 14.1 Å². The number of rotatable bonds is 7. The Morgan fingerprint density at radius 2 is 2.18 bits per heavy atom. The van der Waals surface area contributed by atoms with Crippen molar-refractivity contribution in [1.82, 2.24) is 5.16 Å². The van der Waals surface area contributed by atoms with Gasteiger partial charge in [-0.2, -0.15) is 0 Å². The van der Waals surface area contributed by atoms with Gasteiger partial charge in [0.05, 0.1) is 29.1 Å². The van der Waals surface area contributed by atoms with E-state index in [9.17, 15) is 4.79 Å². The molecule has 0 spiro atoms. The van der Waals surface area contributed by atoms with E-state index in [1.165, 1.54) is 6.20 Å². The molecular formula is C16H17ClN2O3. The summed E-state index contributed by atoms with van der Waals surface area (Å²) in [5.74, 6) is -0.390. The number of hydrogen-bond donors (Lipinski definition) is 1. The molecule has 0 aliphatic heterocycles. The average molecular weight is 321 g/mol. The Morgan fingerprint density at radius 3 is 2.82 bits per heavy atom. The van der Waals surface area contributed by atoms with Gasteiger partial charge in [-0.25, -0.2) is 0 Å². The van der Waals surface area contributed by atoms with E-state index < -0.39 is 5.78 Å². The van der Waals surface area contributed by atoms with Crippen LogP contribution >= 0.6 is 11.6 Å². The predicted octanol–water partition coefficient (Wildman–Crippen LogP) is 3.87. The molecule has 1 aromatic heterocycles. The van der Waals surface area contributed by atoms with Gasteiger partial charge in [-0.15, -0.1) is 0 Å². The van der Waals surface area contributed by atoms with Gasteiger partial charge in [-0.1, -0.05) is 35.8 Å². The largest absolute Gasteiger partial charge is 0.384 e. The Bertz CT molecular complexity index is 682. The predicted molar refractivity (Wildman–Crippen MR) is 84.7 cm³/mol. The zero-order chi connectivity index (χ0) is 16.1. The highest BCUT2D eigenvalue weighted by Crippen LogP contribution is 2.31. The number of ether oxygens (including phenoxy) is 1. The maximum atomic E-state index is 12.6. The van der Waals surface area contributed by atoms with E-state index >= 15 is 0 Å². The third kappa shape index (κ3) is 3.26. The fraction of sp³-hybridized carbons (Fsp3) is 0.312. The highest BCUT2D eigenvalue weighted by Gasteiger charge is 2.26. The average Bonchev–Trinajstić information content (AvgIpc) is 3.01. The van der Waals surface area contributed by atoms with Crippen LogP contribution in [-0.4, -0.2) is 30.4 Å². The number of nitrogens with zero attached hydrogens (tertiary/aromatic N) is 1. The number of Topliss-reactive ketones (excluding diaryl/α,β-unsaturated/α-hetero) is 1. The number of carbonyl (C=O) groups is 1. The number of hydrogen-bond acceptors (Lipinski definition) is 5. The van der Waals surface area contributed by atoms with Crippen molar-refractivity contribution in [2.24, 2.45) is 5.92 Å². The number of ketones is 1. The minimum Gasteiger partial charge on any atom is -0.384 e. The van der Waals surface area contributed by atoms with Crippen molar-refractivity contribution in [2.75, 3.05) is 13.7 Å². The topological polar surface area (TPSA) is 76.2 Å². The standard InChI is InChI=1S/C16H17ClN2O3/c1-3-10(9-21-2)14(18)15(20)12-8-19-22-16(12)11-6-4-5-7-13(11)17/h4-8,10,18H,3,9H2,1-2H3. The van der Waals surface area contributed by atoms with Crippen LogP contribution in [0.25, 0.3) is 11.3 Å². The number of methoxy groups -OCH3 is 1. The molecule has 1 heterocycles. The summed E-state index contributed by atoms with van der Waals surface area (Å²) in [5, 5.41) is 12.3. The lowest BCUT2D eigenvalue weighted by Gasteiger charge is -2.13. The van der Waals surface area contributed by atoms with E-state index in [-0.39, 0.29) is 23.0 Å². The summed E-state index contributed by atoms with van der Waals surface area (Å²) in [6, 6.07) is 7.04. The quantitative estimate of drug-likeness (QED) is 0.620. The fourth-order valence-corrected chi connectivity index (χ4v) is 2.40. The Hall–Kier alpha value is -1.98. The summed E-state index contributed by atoms with van der Waals surface area (Å²) >= 11 is 6.14. The van der Waals surface area contributed by atoms with Crippen molar-refractivity contribution in [3.05, 3.63) is 41.0 Å². The van der Waals surface area contributed by atoms with Gasteiger partial charge in [-0.3, -0.25) is 4.79 Å². The van der Waals surface area contributed by atoms with Gasteiger partial charge in [0.25, 0.3) is 0 Å². The Kier molecular flexibility index (Phi) is 5.46. The lowest BCUT2D eigenvalue weighted by molar-refractivity contribution is 0.104. The number of carbonyl (C=O) groups excluding carboxylic acids is 1. The van der Waals surface area contributed by atoms with Gasteiger partial charge < -0.3 is 14.7 Å². The first kappa shape index (κ1) is 16.4. The maximum absolute atomic E-state index is 12.6. The van der Waals surface area contributed by atoms with Crippen LogP contribution in [0.4, 0.5) is 0 Å². The molecule has 0 aliphatic rings. The van der Waals surface area contributed by atoms with Gasteiger partial charge in [0.15, 0.2) is 5.76 Å². The van der Waals surface area contributed by atoms with Crippen molar-refractivity contribution in [2.45, 2.75) is 13.3 Å². The molecule has 0 saturated heterocycles. The van der Waals surface area contributed by atoms with Crippen LogP contribution in [0.15, 0.2) is 35.0 Å². The lowest BCUT2D eigenvalue weighted by Crippen LogP contribution is -2.26. The van der Waals surface area contributed by atoms with Crippen LogP contribution in [0, 0.1) is 11.3 Å². The summed E-state index contributed by atoms with van der Waals surface area (Å²) < 4.78 is 10.3. The van der Waals surface area contributed by atoms with E-state index in [4.69, 9.17) is 26.3 Å². The van der Waals surface area contributed by atoms with E-state index in [2.05, 4.69) is 5.16 Å². The third-order valence-corrected chi connectivity index (χ3v) is 3.78. The normalized spacial score (nSPS) is 12.1. The lowest BCUT2D eigenvalue weighted by atomic mass is 9.93. The number of aromatic nitrogens is 1. The SMILES string of the molecule is CCC(COC)C(=N)C(=O)c1cnoc1-c1ccccc1Cl. The molecular weight excluding hydrogens is 304 g/mol. The summed E-state index contributed by atoms with van der Waals surface area (Å²) in [4.78, 5) is 12.6. The first-order valence-electron chi connectivity index (χ1n) is 6.91. The monoisotopic (exact) mass is 320 g/mol. The van der Waals surface area contributed by atoms with Crippen molar-refractivity contribution in [1.29, 1.82) is 5.41 Å². The maximum Gasteiger partial charge on any atom is 0.212 e. The molecule has 1 atom stereocenters. The van der Waals surface area contributed by atoms with E-state index in [1.54, 1.807) is 31.4 Å². The van der Waals surface area contributed by atoms with E-state index in [0.717, 1.165) is 0 Å². The van der Waals surface area contributed by atoms with Crippen molar-refractivity contribution in [3.63, 3.8) is 0 Å². The Labute approximate surface area is 133 Å². The molecule has 0 amide bonds.